The number of anilines is 1. The summed E-state index contributed by atoms with van der Waals surface area (Å²) in [6, 6.07) is 12.6. The molecular formula is C19H17BrN4O3. The van der Waals surface area contributed by atoms with Crippen molar-refractivity contribution in [3.05, 3.63) is 46.9 Å². The van der Waals surface area contributed by atoms with Crippen molar-refractivity contribution in [3.8, 4) is 17.1 Å². The van der Waals surface area contributed by atoms with Crippen LogP contribution < -0.4 is 5.32 Å². The zero-order chi connectivity index (χ0) is 19.0. The van der Waals surface area contributed by atoms with E-state index in [0.29, 0.717) is 36.7 Å². The first-order valence-corrected chi connectivity index (χ1v) is 9.30. The van der Waals surface area contributed by atoms with Gasteiger partial charge >= 0.3 is 6.09 Å². The number of aromatic hydroxyl groups is 1. The molecule has 1 atom stereocenters. The van der Waals surface area contributed by atoms with E-state index in [1.165, 1.54) is 4.90 Å². The number of amides is 1. The van der Waals surface area contributed by atoms with Gasteiger partial charge in [-0.05, 0) is 36.8 Å². The van der Waals surface area contributed by atoms with E-state index in [9.17, 15) is 9.90 Å². The fraction of sp³-hybridized carbons (Fsp3) is 0.211. The zero-order valence-corrected chi connectivity index (χ0v) is 15.8. The molecule has 8 heteroatoms. The maximum atomic E-state index is 11.2. The number of benzene rings is 2. The van der Waals surface area contributed by atoms with Gasteiger partial charge in [0.15, 0.2) is 5.82 Å². The highest BCUT2D eigenvalue weighted by Gasteiger charge is 2.26. The molecule has 1 aromatic heterocycles. The number of nitrogens with one attached hydrogen (secondary N) is 1. The summed E-state index contributed by atoms with van der Waals surface area (Å²) in [5, 5.41) is 23.5. The van der Waals surface area contributed by atoms with Crippen LogP contribution in [-0.4, -0.2) is 50.3 Å². The average molecular weight is 429 g/mol. The Hall–Kier alpha value is -2.87. The highest BCUT2D eigenvalue weighted by molar-refractivity contribution is 9.10. The van der Waals surface area contributed by atoms with Crippen LogP contribution in [0.15, 0.2) is 46.9 Å². The molecule has 0 radical (unpaired) electrons. The normalized spacial score (nSPS) is 16.6. The van der Waals surface area contributed by atoms with Gasteiger partial charge < -0.3 is 20.4 Å². The predicted molar refractivity (Wildman–Crippen MR) is 106 cm³/mol. The third-order valence-electron chi connectivity index (χ3n) is 4.60. The van der Waals surface area contributed by atoms with Gasteiger partial charge in [0.25, 0.3) is 0 Å². The number of likely N-dealkylation sites (tertiary alicyclic amines) is 1. The van der Waals surface area contributed by atoms with Gasteiger partial charge in [0.2, 0.25) is 0 Å². The lowest BCUT2D eigenvalue weighted by Crippen LogP contribution is -2.30. The minimum absolute atomic E-state index is 0.0320. The van der Waals surface area contributed by atoms with Gasteiger partial charge in [-0.2, -0.15) is 0 Å². The quantitative estimate of drug-likeness (QED) is 0.584. The highest BCUT2D eigenvalue weighted by Crippen LogP contribution is 2.32. The Kier molecular flexibility index (Phi) is 4.57. The third kappa shape index (κ3) is 3.52. The number of rotatable bonds is 3. The number of carbonyl (C=O) groups is 1. The number of hydrogen-bond acceptors (Lipinski definition) is 5. The van der Waals surface area contributed by atoms with Crippen LogP contribution in [0.1, 0.15) is 6.42 Å². The second-order valence-electron chi connectivity index (χ2n) is 6.43. The van der Waals surface area contributed by atoms with Crippen LogP contribution in [0.3, 0.4) is 0 Å². The van der Waals surface area contributed by atoms with E-state index < -0.39 is 6.09 Å². The number of para-hydroxylation sites is 1. The number of phenols is 1. The van der Waals surface area contributed by atoms with Gasteiger partial charge in [0.1, 0.15) is 11.6 Å². The van der Waals surface area contributed by atoms with Crippen molar-refractivity contribution < 1.29 is 15.0 Å². The molecule has 3 N–H and O–H groups in total. The number of fused-ring (bicyclic) bond motifs is 1. The van der Waals surface area contributed by atoms with E-state index in [2.05, 4.69) is 31.2 Å². The smallest absolute Gasteiger partial charge is 0.407 e. The average Bonchev–Trinajstić information content (AvgIpc) is 3.11. The molecule has 27 heavy (non-hydrogen) atoms. The Morgan fingerprint density at radius 1 is 1.22 bits per heavy atom. The van der Waals surface area contributed by atoms with Gasteiger partial charge in [0.05, 0.1) is 11.1 Å². The van der Waals surface area contributed by atoms with Crippen LogP contribution in [-0.2, 0) is 0 Å². The fourth-order valence-corrected chi connectivity index (χ4v) is 3.60. The second-order valence-corrected chi connectivity index (χ2v) is 7.35. The molecule has 0 saturated carbocycles. The number of halogens is 1. The molecule has 1 saturated heterocycles. The minimum atomic E-state index is -0.913. The summed E-state index contributed by atoms with van der Waals surface area (Å²) in [6.07, 6.45) is -0.206. The number of carboxylic acid groups (broad SMARTS) is 1. The van der Waals surface area contributed by atoms with E-state index in [4.69, 9.17) is 5.11 Å². The number of aromatic nitrogens is 2. The molecule has 1 unspecified atom stereocenters. The Labute approximate surface area is 163 Å². The molecule has 0 aliphatic carbocycles. The van der Waals surface area contributed by atoms with Crippen molar-refractivity contribution >= 4 is 38.7 Å². The maximum Gasteiger partial charge on any atom is 0.407 e. The van der Waals surface area contributed by atoms with Gasteiger partial charge in [-0.3, -0.25) is 0 Å². The monoisotopic (exact) mass is 428 g/mol. The van der Waals surface area contributed by atoms with Crippen molar-refractivity contribution in [2.24, 2.45) is 0 Å². The molecule has 4 rings (SSSR count). The molecule has 0 bridgehead atoms. The molecular weight excluding hydrogens is 412 g/mol. The molecule has 1 aliphatic heterocycles. The summed E-state index contributed by atoms with van der Waals surface area (Å²) in [6.45, 7) is 0.896. The first-order valence-electron chi connectivity index (χ1n) is 8.51. The van der Waals surface area contributed by atoms with Crippen LogP contribution in [0, 0.1) is 0 Å². The summed E-state index contributed by atoms with van der Waals surface area (Å²) >= 11 is 3.47. The fourth-order valence-electron chi connectivity index (χ4n) is 3.24. The second kappa shape index (κ2) is 7.03. The van der Waals surface area contributed by atoms with Crippen LogP contribution in [0.4, 0.5) is 10.6 Å². The van der Waals surface area contributed by atoms with Gasteiger partial charge in [-0.25, -0.2) is 14.8 Å². The first-order chi connectivity index (χ1) is 13.0. The zero-order valence-electron chi connectivity index (χ0n) is 14.3. The molecule has 2 heterocycles. The van der Waals surface area contributed by atoms with Crippen molar-refractivity contribution in [1.29, 1.82) is 0 Å². The Bertz CT molecular complexity index is 1030. The van der Waals surface area contributed by atoms with E-state index in [0.717, 1.165) is 15.4 Å². The van der Waals surface area contributed by atoms with E-state index in [1.54, 1.807) is 18.2 Å². The minimum Gasteiger partial charge on any atom is -0.507 e. The van der Waals surface area contributed by atoms with Crippen molar-refractivity contribution in [2.45, 2.75) is 12.5 Å². The largest absolute Gasteiger partial charge is 0.507 e. The van der Waals surface area contributed by atoms with Crippen LogP contribution >= 0.6 is 15.9 Å². The SMILES string of the molecule is O=C(O)N1CCC(Nc2nc(-c3ccccc3O)nc3ccc(Br)cc23)C1. The Balaban J connectivity index is 1.77. The summed E-state index contributed by atoms with van der Waals surface area (Å²) in [5.74, 6) is 1.15. The van der Waals surface area contributed by atoms with Gasteiger partial charge in [0, 0.05) is 29.0 Å². The molecule has 0 spiro atoms. The lowest BCUT2D eigenvalue weighted by atomic mass is 10.1. The van der Waals surface area contributed by atoms with Crippen molar-refractivity contribution in [1.82, 2.24) is 14.9 Å². The first kappa shape index (κ1) is 17.5. The molecule has 7 nitrogen and oxygen atoms in total. The highest BCUT2D eigenvalue weighted by atomic mass is 79.9. The van der Waals surface area contributed by atoms with Gasteiger partial charge in [-0.15, -0.1) is 0 Å². The lowest BCUT2D eigenvalue weighted by molar-refractivity contribution is 0.155. The standard InChI is InChI=1S/C19H17BrN4O3/c20-11-5-6-15-14(9-11)18(21-12-7-8-24(10-12)19(26)27)23-17(22-15)13-3-1-2-4-16(13)25/h1-6,9,12,25H,7-8,10H2,(H,26,27)(H,21,22,23). The summed E-state index contributed by atoms with van der Waals surface area (Å²) < 4.78 is 0.899. The summed E-state index contributed by atoms with van der Waals surface area (Å²) in [7, 11) is 0. The number of nitrogens with zero attached hydrogens (tertiary/aromatic N) is 3. The molecule has 1 fully saturated rings. The van der Waals surface area contributed by atoms with E-state index >= 15 is 0 Å². The molecule has 1 amide bonds. The van der Waals surface area contributed by atoms with Crippen molar-refractivity contribution in [2.75, 3.05) is 18.4 Å². The third-order valence-corrected chi connectivity index (χ3v) is 5.10. The van der Waals surface area contributed by atoms with E-state index in [-0.39, 0.29) is 11.8 Å². The van der Waals surface area contributed by atoms with E-state index in [1.807, 2.05) is 24.3 Å². The Morgan fingerprint density at radius 2 is 2.04 bits per heavy atom. The number of hydrogen-bond donors (Lipinski definition) is 3. The molecule has 138 valence electrons. The van der Waals surface area contributed by atoms with Crippen LogP contribution in [0.2, 0.25) is 0 Å². The predicted octanol–water partition coefficient (Wildman–Crippen LogP) is 3.93. The lowest BCUT2D eigenvalue weighted by Gasteiger charge is -2.17. The topological polar surface area (TPSA) is 98.6 Å². The summed E-state index contributed by atoms with van der Waals surface area (Å²) in [5.41, 5.74) is 1.28. The van der Waals surface area contributed by atoms with Crippen molar-refractivity contribution in [3.63, 3.8) is 0 Å². The van der Waals surface area contributed by atoms with Crippen LogP contribution in [0.5, 0.6) is 5.75 Å². The van der Waals surface area contributed by atoms with Gasteiger partial charge in [-0.1, -0.05) is 28.1 Å². The number of phenolic OH excluding ortho intramolecular Hbond substituents is 1. The molecule has 3 aromatic rings. The maximum absolute atomic E-state index is 11.2. The van der Waals surface area contributed by atoms with Crippen LogP contribution in [0.25, 0.3) is 22.3 Å². The Morgan fingerprint density at radius 3 is 2.78 bits per heavy atom. The summed E-state index contributed by atoms with van der Waals surface area (Å²) in [4.78, 5) is 21.8. The molecule has 1 aliphatic rings. The molecule has 2 aromatic carbocycles.